The van der Waals surface area contributed by atoms with Crippen LogP contribution in [-0.2, 0) is 26.1 Å². The minimum absolute atomic E-state index is 0.0526. The van der Waals surface area contributed by atoms with Gasteiger partial charge in [-0.2, -0.15) is 4.31 Å². The van der Waals surface area contributed by atoms with Gasteiger partial charge in [-0.05, 0) is 24.3 Å². The van der Waals surface area contributed by atoms with Crippen LogP contribution in [0, 0.1) is 10.1 Å². The lowest BCUT2D eigenvalue weighted by Gasteiger charge is -2.18. The molecular formula is C19H22N4O8S. The van der Waals surface area contributed by atoms with E-state index in [2.05, 4.69) is 10.1 Å². The van der Waals surface area contributed by atoms with Crippen molar-refractivity contribution < 1.29 is 27.7 Å². The summed E-state index contributed by atoms with van der Waals surface area (Å²) in [5.41, 5.74) is -1.97. The first-order chi connectivity index (χ1) is 15.0. The van der Waals surface area contributed by atoms with E-state index in [1.165, 1.54) is 28.6 Å². The number of carbonyl (C=O) groups is 2. The Labute approximate surface area is 183 Å². The SMILES string of the molecule is CCN(CC)S(=O)(=O)c1ccc(NC(=O)Cn2cc(C(=O)OC)cc([N+](=O)[O-])c2=O)cc1. The van der Waals surface area contributed by atoms with Crippen molar-refractivity contribution in [3.8, 4) is 0 Å². The molecule has 2 aromatic rings. The maximum Gasteiger partial charge on any atom is 0.339 e. The van der Waals surface area contributed by atoms with E-state index in [0.29, 0.717) is 13.1 Å². The summed E-state index contributed by atoms with van der Waals surface area (Å²) in [6.45, 7) is 3.43. The number of hydrogen-bond donors (Lipinski definition) is 1. The van der Waals surface area contributed by atoms with Crippen molar-refractivity contribution in [2.75, 3.05) is 25.5 Å². The molecule has 0 aliphatic rings. The lowest BCUT2D eigenvalue weighted by atomic mass is 10.2. The number of nitro groups is 1. The van der Waals surface area contributed by atoms with Crippen molar-refractivity contribution in [1.82, 2.24) is 8.87 Å². The first-order valence-corrected chi connectivity index (χ1v) is 10.9. The van der Waals surface area contributed by atoms with Crippen molar-refractivity contribution in [2.45, 2.75) is 25.3 Å². The quantitative estimate of drug-likeness (QED) is 0.328. The van der Waals surface area contributed by atoms with E-state index in [0.717, 1.165) is 23.9 Å². The smallest absolute Gasteiger partial charge is 0.339 e. The van der Waals surface area contributed by atoms with Gasteiger partial charge in [-0.1, -0.05) is 13.8 Å². The number of aromatic nitrogens is 1. The number of ether oxygens (including phenoxy) is 1. The van der Waals surface area contributed by atoms with Crippen LogP contribution in [0.3, 0.4) is 0 Å². The first kappa shape index (κ1) is 24.7. The van der Waals surface area contributed by atoms with Gasteiger partial charge in [-0.15, -0.1) is 0 Å². The number of rotatable bonds is 9. The summed E-state index contributed by atoms with van der Waals surface area (Å²) in [6.07, 6.45) is 0.987. The van der Waals surface area contributed by atoms with Gasteiger partial charge in [0.05, 0.1) is 22.5 Å². The molecule has 0 spiro atoms. The third kappa shape index (κ3) is 5.36. The molecule has 0 bridgehead atoms. The molecular weight excluding hydrogens is 444 g/mol. The number of methoxy groups -OCH3 is 1. The van der Waals surface area contributed by atoms with Gasteiger partial charge in [0.15, 0.2) is 0 Å². The summed E-state index contributed by atoms with van der Waals surface area (Å²) in [5, 5.41) is 13.6. The van der Waals surface area contributed by atoms with E-state index < -0.39 is 44.6 Å². The number of benzene rings is 1. The maximum absolute atomic E-state index is 12.5. The van der Waals surface area contributed by atoms with Gasteiger partial charge in [0.1, 0.15) is 6.54 Å². The number of pyridine rings is 1. The minimum atomic E-state index is -3.66. The summed E-state index contributed by atoms with van der Waals surface area (Å²) in [4.78, 5) is 46.5. The van der Waals surface area contributed by atoms with E-state index in [-0.39, 0.29) is 16.1 Å². The Morgan fingerprint density at radius 2 is 1.78 bits per heavy atom. The Morgan fingerprint density at radius 1 is 1.19 bits per heavy atom. The highest BCUT2D eigenvalue weighted by atomic mass is 32.2. The van der Waals surface area contributed by atoms with Gasteiger partial charge in [-0.25, -0.2) is 13.2 Å². The molecule has 0 saturated carbocycles. The Kier molecular flexibility index (Phi) is 7.83. The molecule has 0 atom stereocenters. The Balaban J connectivity index is 2.24. The zero-order valence-electron chi connectivity index (χ0n) is 17.6. The highest BCUT2D eigenvalue weighted by Crippen LogP contribution is 2.18. The van der Waals surface area contributed by atoms with Crippen LogP contribution < -0.4 is 10.9 Å². The second-order valence-corrected chi connectivity index (χ2v) is 8.40. The number of nitrogens with one attached hydrogen (secondary N) is 1. The molecule has 0 saturated heterocycles. The van der Waals surface area contributed by atoms with E-state index >= 15 is 0 Å². The molecule has 0 aliphatic carbocycles. The van der Waals surface area contributed by atoms with Crippen molar-refractivity contribution in [2.24, 2.45) is 0 Å². The molecule has 1 amide bonds. The van der Waals surface area contributed by atoms with Crippen LogP contribution in [-0.4, -0.2) is 54.3 Å². The predicted octanol–water partition coefficient (Wildman–Crippen LogP) is 1.21. The van der Waals surface area contributed by atoms with E-state index in [1.807, 2.05) is 0 Å². The Morgan fingerprint density at radius 3 is 2.28 bits per heavy atom. The van der Waals surface area contributed by atoms with Crippen LogP contribution in [0.1, 0.15) is 24.2 Å². The van der Waals surface area contributed by atoms with Gasteiger partial charge in [0, 0.05) is 31.0 Å². The molecule has 32 heavy (non-hydrogen) atoms. The summed E-state index contributed by atoms with van der Waals surface area (Å²) in [7, 11) is -2.59. The van der Waals surface area contributed by atoms with Gasteiger partial charge < -0.3 is 10.1 Å². The summed E-state index contributed by atoms with van der Waals surface area (Å²) < 4.78 is 31.5. The molecule has 172 valence electrons. The van der Waals surface area contributed by atoms with Crippen LogP contribution >= 0.6 is 0 Å². The summed E-state index contributed by atoms with van der Waals surface area (Å²) >= 11 is 0. The van der Waals surface area contributed by atoms with E-state index in [1.54, 1.807) is 13.8 Å². The molecule has 0 radical (unpaired) electrons. The van der Waals surface area contributed by atoms with Gasteiger partial charge >= 0.3 is 17.2 Å². The molecule has 2 rings (SSSR count). The van der Waals surface area contributed by atoms with Gasteiger partial charge in [0.2, 0.25) is 15.9 Å². The normalized spacial score (nSPS) is 11.2. The molecule has 0 aliphatic heterocycles. The van der Waals surface area contributed by atoms with Crippen molar-refractivity contribution in [1.29, 1.82) is 0 Å². The highest BCUT2D eigenvalue weighted by Gasteiger charge is 2.23. The monoisotopic (exact) mass is 466 g/mol. The third-order valence-electron chi connectivity index (χ3n) is 4.48. The van der Waals surface area contributed by atoms with Gasteiger partial charge in [0.25, 0.3) is 0 Å². The second-order valence-electron chi connectivity index (χ2n) is 6.46. The zero-order valence-corrected chi connectivity index (χ0v) is 18.4. The number of hydrogen-bond acceptors (Lipinski definition) is 8. The lowest BCUT2D eigenvalue weighted by Crippen LogP contribution is -2.30. The molecule has 13 heteroatoms. The molecule has 0 fully saturated rings. The first-order valence-electron chi connectivity index (χ1n) is 9.42. The number of sulfonamides is 1. The number of amides is 1. The number of anilines is 1. The maximum atomic E-state index is 12.5. The standard InChI is InChI=1S/C19H22N4O8S/c1-4-22(5-2)32(29,30)15-8-6-14(7-9-15)20-17(24)12-21-11-13(19(26)31-3)10-16(18(21)25)23(27)28/h6-11H,4-5,12H2,1-3H3,(H,20,24). The average Bonchev–Trinajstić information content (AvgIpc) is 2.75. The third-order valence-corrected chi connectivity index (χ3v) is 6.54. The van der Waals surface area contributed by atoms with E-state index in [4.69, 9.17) is 0 Å². The van der Waals surface area contributed by atoms with Crippen molar-refractivity contribution in [3.05, 3.63) is 62.6 Å². The fourth-order valence-electron chi connectivity index (χ4n) is 2.88. The predicted molar refractivity (Wildman–Crippen MR) is 114 cm³/mol. The second kappa shape index (κ2) is 10.2. The van der Waals surface area contributed by atoms with Crippen molar-refractivity contribution in [3.63, 3.8) is 0 Å². The summed E-state index contributed by atoms with van der Waals surface area (Å²) in [6, 6.07) is 6.20. The van der Waals surface area contributed by atoms with Crippen LogP contribution in [0.15, 0.2) is 46.2 Å². The Hall–Kier alpha value is -3.58. The summed E-state index contributed by atoms with van der Waals surface area (Å²) in [5.74, 6) is -1.63. The average molecular weight is 466 g/mol. The van der Waals surface area contributed by atoms with Crippen LogP contribution in [0.5, 0.6) is 0 Å². The topological polar surface area (TPSA) is 158 Å². The number of esters is 1. The zero-order chi connectivity index (χ0) is 24.1. The number of nitrogens with zero attached hydrogens (tertiary/aromatic N) is 3. The largest absolute Gasteiger partial charge is 0.465 e. The molecule has 1 aromatic heterocycles. The van der Waals surface area contributed by atoms with Gasteiger partial charge in [-0.3, -0.25) is 24.3 Å². The van der Waals surface area contributed by atoms with Crippen LogP contribution in [0.25, 0.3) is 0 Å². The van der Waals surface area contributed by atoms with Crippen LogP contribution in [0.2, 0.25) is 0 Å². The molecule has 0 unspecified atom stereocenters. The minimum Gasteiger partial charge on any atom is -0.465 e. The number of carbonyl (C=O) groups excluding carboxylic acids is 2. The molecule has 1 aromatic carbocycles. The van der Waals surface area contributed by atoms with Crippen LogP contribution in [0.4, 0.5) is 11.4 Å². The lowest BCUT2D eigenvalue weighted by molar-refractivity contribution is -0.386. The fraction of sp³-hybridized carbons (Fsp3) is 0.316. The molecule has 12 nitrogen and oxygen atoms in total. The fourth-order valence-corrected chi connectivity index (χ4v) is 4.33. The van der Waals surface area contributed by atoms with Crippen molar-refractivity contribution >= 4 is 33.3 Å². The Bertz CT molecular complexity index is 1180. The highest BCUT2D eigenvalue weighted by molar-refractivity contribution is 7.89. The molecule has 1 N–H and O–H groups in total. The van der Waals surface area contributed by atoms with E-state index in [9.17, 15) is 32.9 Å². The molecule has 1 heterocycles.